The predicted octanol–water partition coefficient (Wildman–Crippen LogP) is 2.19. The highest BCUT2D eigenvalue weighted by molar-refractivity contribution is 5.95. The summed E-state index contributed by atoms with van der Waals surface area (Å²) < 4.78 is 5.19. The number of hydrogen-bond acceptors (Lipinski definition) is 3. The number of rotatable bonds is 5. The van der Waals surface area contributed by atoms with Gasteiger partial charge in [-0.25, -0.2) is 0 Å². The lowest BCUT2D eigenvalue weighted by molar-refractivity contribution is 0.0746. The third-order valence-electron chi connectivity index (χ3n) is 2.99. The first-order chi connectivity index (χ1) is 9.22. The molecule has 0 radical (unpaired) electrons. The zero-order chi connectivity index (χ0) is 13.7. The average Bonchev–Trinajstić information content (AvgIpc) is 2.85. The minimum absolute atomic E-state index is 0.0412. The van der Waals surface area contributed by atoms with Crippen molar-refractivity contribution in [2.75, 3.05) is 13.1 Å². The highest BCUT2D eigenvalue weighted by Crippen LogP contribution is 2.14. The van der Waals surface area contributed by atoms with E-state index < -0.39 is 0 Å². The maximum Gasteiger partial charge on any atom is 0.257 e. The first-order valence-electron chi connectivity index (χ1n) is 6.29. The van der Waals surface area contributed by atoms with E-state index in [1.807, 2.05) is 30.3 Å². The van der Waals surface area contributed by atoms with Gasteiger partial charge in [0.15, 0.2) is 0 Å². The molecule has 4 nitrogen and oxygen atoms in total. The van der Waals surface area contributed by atoms with Gasteiger partial charge >= 0.3 is 0 Å². The number of carbonyl (C=O) groups is 1. The summed E-state index contributed by atoms with van der Waals surface area (Å²) in [6.45, 7) is 3.31. The Kier molecular flexibility index (Phi) is 4.36. The Morgan fingerprint density at radius 2 is 2.00 bits per heavy atom. The molecule has 0 saturated heterocycles. The lowest BCUT2D eigenvalue weighted by Gasteiger charge is -2.21. The Balaban J connectivity index is 2.16. The molecule has 0 aliphatic rings. The number of furan rings is 1. The molecule has 0 aliphatic carbocycles. The van der Waals surface area contributed by atoms with Crippen molar-refractivity contribution < 1.29 is 9.21 Å². The number of hydrogen-bond donors (Lipinski definition) is 1. The van der Waals surface area contributed by atoms with Crippen LogP contribution in [0.25, 0.3) is 0 Å². The fourth-order valence-electron chi connectivity index (χ4n) is 1.99. The van der Waals surface area contributed by atoms with Crippen LogP contribution >= 0.6 is 0 Å². The molecule has 1 aromatic carbocycles. The smallest absolute Gasteiger partial charge is 0.257 e. The molecule has 2 aromatic rings. The molecule has 0 atom stereocenters. The SMILES string of the molecule is Cc1occc1C(=O)N(CCN)Cc1ccccc1. The van der Waals surface area contributed by atoms with Crippen molar-refractivity contribution in [3.8, 4) is 0 Å². The summed E-state index contributed by atoms with van der Waals surface area (Å²) in [5.41, 5.74) is 7.28. The molecule has 0 saturated carbocycles. The predicted molar refractivity (Wildman–Crippen MR) is 73.7 cm³/mol. The second-order valence-electron chi connectivity index (χ2n) is 4.39. The third-order valence-corrected chi connectivity index (χ3v) is 2.99. The molecule has 2 N–H and O–H groups in total. The van der Waals surface area contributed by atoms with Gasteiger partial charge in [-0.1, -0.05) is 30.3 Å². The molecule has 19 heavy (non-hydrogen) atoms. The van der Waals surface area contributed by atoms with Gasteiger partial charge in [0.2, 0.25) is 0 Å². The number of aryl methyl sites for hydroxylation is 1. The monoisotopic (exact) mass is 258 g/mol. The standard InChI is InChI=1S/C15H18N2O2/c1-12-14(7-10-19-12)15(18)17(9-8-16)11-13-5-3-2-4-6-13/h2-7,10H,8-9,11,16H2,1H3. The minimum atomic E-state index is -0.0412. The van der Waals surface area contributed by atoms with E-state index in [0.717, 1.165) is 5.56 Å². The summed E-state index contributed by atoms with van der Waals surface area (Å²) >= 11 is 0. The quantitative estimate of drug-likeness (QED) is 0.894. The van der Waals surface area contributed by atoms with E-state index in [4.69, 9.17) is 10.2 Å². The Morgan fingerprint density at radius 3 is 2.58 bits per heavy atom. The first-order valence-corrected chi connectivity index (χ1v) is 6.29. The van der Waals surface area contributed by atoms with Crippen molar-refractivity contribution >= 4 is 5.91 Å². The second kappa shape index (κ2) is 6.20. The molecule has 2 rings (SSSR count). The van der Waals surface area contributed by atoms with E-state index in [-0.39, 0.29) is 5.91 Å². The van der Waals surface area contributed by atoms with Crippen LogP contribution in [0.15, 0.2) is 47.1 Å². The molecule has 100 valence electrons. The summed E-state index contributed by atoms with van der Waals surface area (Å²) in [6, 6.07) is 11.6. The van der Waals surface area contributed by atoms with Crippen molar-refractivity contribution in [3.63, 3.8) is 0 Å². The van der Waals surface area contributed by atoms with Crippen LogP contribution < -0.4 is 5.73 Å². The van der Waals surface area contributed by atoms with Crippen LogP contribution in [0, 0.1) is 6.92 Å². The van der Waals surface area contributed by atoms with Gasteiger partial charge in [0, 0.05) is 19.6 Å². The molecule has 1 heterocycles. The summed E-state index contributed by atoms with van der Waals surface area (Å²) in [7, 11) is 0. The van der Waals surface area contributed by atoms with Gasteiger partial charge in [-0.3, -0.25) is 4.79 Å². The van der Waals surface area contributed by atoms with Gasteiger partial charge in [-0.2, -0.15) is 0 Å². The molecule has 1 aromatic heterocycles. The minimum Gasteiger partial charge on any atom is -0.469 e. The molecular weight excluding hydrogens is 240 g/mol. The van der Waals surface area contributed by atoms with Crippen molar-refractivity contribution in [2.24, 2.45) is 5.73 Å². The van der Waals surface area contributed by atoms with Gasteiger partial charge in [0.05, 0.1) is 11.8 Å². The molecular formula is C15H18N2O2. The number of amides is 1. The number of carbonyl (C=O) groups excluding carboxylic acids is 1. The number of benzene rings is 1. The molecule has 0 fully saturated rings. The Labute approximate surface area is 112 Å². The van der Waals surface area contributed by atoms with Crippen LogP contribution in [0.2, 0.25) is 0 Å². The third kappa shape index (κ3) is 3.23. The Bertz CT molecular complexity index is 534. The van der Waals surface area contributed by atoms with Gasteiger partial charge in [-0.15, -0.1) is 0 Å². The van der Waals surface area contributed by atoms with Crippen molar-refractivity contribution in [1.82, 2.24) is 4.90 Å². The summed E-state index contributed by atoms with van der Waals surface area (Å²) in [5, 5.41) is 0. The fraction of sp³-hybridized carbons (Fsp3) is 0.267. The molecule has 0 unspecified atom stereocenters. The highest BCUT2D eigenvalue weighted by Gasteiger charge is 2.18. The van der Waals surface area contributed by atoms with E-state index in [9.17, 15) is 4.79 Å². The van der Waals surface area contributed by atoms with Gasteiger partial charge in [0.25, 0.3) is 5.91 Å². The first kappa shape index (κ1) is 13.4. The molecule has 0 aliphatic heterocycles. The molecule has 0 bridgehead atoms. The normalized spacial score (nSPS) is 10.4. The van der Waals surface area contributed by atoms with Gasteiger partial charge in [-0.05, 0) is 18.6 Å². The Morgan fingerprint density at radius 1 is 1.26 bits per heavy atom. The van der Waals surface area contributed by atoms with Crippen molar-refractivity contribution in [3.05, 3.63) is 59.5 Å². The number of nitrogens with two attached hydrogens (primary N) is 1. The lowest BCUT2D eigenvalue weighted by atomic mass is 10.1. The van der Waals surface area contributed by atoms with Crippen LogP contribution in [0.1, 0.15) is 21.7 Å². The van der Waals surface area contributed by atoms with E-state index in [2.05, 4.69) is 0 Å². The largest absolute Gasteiger partial charge is 0.469 e. The van der Waals surface area contributed by atoms with Crippen LogP contribution in [-0.4, -0.2) is 23.9 Å². The lowest BCUT2D eigenvalue weighted by Crippen LogP contribution is -2.35. The van der Waals surface area contributed by atoms with Gasteiger partial charge < -0.3 is 15.1 Å². The maximum atomic E-state index is 12.4. The average molecular weight is 258 g/mol. The molecule has 1 amide bonds. The molecule has 4 heteroatoms. The van der Waals surface area contributed by atoms with E-state index in [1.165, 1.54) is 6.26 Å². The van der Waals surface area contributed by atoms with E-state index in [1.54, 1.807) is 17.9 Å². The summed E-state index contributed by atoms with van der Waals surface area (Å²) in [6.07, 6.45) is 1.53. The van der Waals surface area contributed by atoms with Crippen molar-refractivity contribution in [1.29, 1.82) is 0 Å². The Hall–Kier alpha value is -2.07. The van der Waals surface area contributed by atoms with Crippen LogP contribution in [0.4, 0.5) is 0 Å². The van der Waals surface area contributed by atoms with Crippen LogP contribution in [-0.2, 0) is 6.54 Å². The van der Waals surface area contributed by atoms with E-state index >= 15 is 0 Å². The molecule has 0 spiro atoms. The summed E-state index contributed by atoms with van der Waals surface area (Å²) in [4.78, 5) is 14.2. The zero-order valence-electron chi connectivity index (χ0n) is 11.0. The van der Waals surface area contributed by atoms with Crippen LogP contribution in [0.3, 0.4) is 0 Å². The number of nitrogens with zero attached hydrogens (tertiary/aromatic N) is 1. The van der Waals surface area contributed by atoms with E-state index in [0.29, 0.717) is 31.0 Å². The maximum absolute atomic E-state index is 12.4. The topological polar surface area (TPSA) is 59.5 Å². The van der Waals surface area contributed by atoms with Crippen molar-refractivity contribution in [2.45, 2.75) is 13.5 Å². The summed E-state index contributed by atoms with van der Waals surface area (Å²) in [5.74, 6) is 0.598. The highest BCUT2D eigenvalue weighted by atomic mass is 16.3. The fourth-order valence-corrected chi connectivity index (χ4v) is 1.99. The van der Waals surface area contributed by atoms with Crippen LogP contribution in [0.5, 0.6) is 0 Å². The van der Waals surface area contributed by atoms with Gasteiger partial charge in [0.1, 0.15) is 5.76 Å². The zero-order valence-corrected chi connectivity index (χ0v) is 11.0. The second-order valence-corrected chi connectivity index (χ2v) is 4.39.